The van der Waals surface area contributed by atoms with Crippen molar-refractivity contribution in [1.82, 2.24) is 4.90 Å². The van der Waals surface area contributed by atoms with E-state index in [1.165, 1.54) is 0 Å². The maximum Gasteiger partial charge on any atom is 0.290 e. The molecule has 0 aliphatic carbocycles. The summed E-state index contributed by atoms with van der Waals surface area (Å²) in [4.78, 5) is 28.9. The lowest BCUT2D eigenvalue weighted by Crippen LogP contribution is -2.31. The maximum absolute atomic E-state index is 13.7. The Labute approximate surface area is 209 Å². The highest BCUT2D eigenvalue weighted by molar-refractivity contribution is 6.32. The summed E-state index contributed by atoms with van der Waals surface area (Å²) in [5.74, 6) is 0.853. The number of methoxy groups -OCH3 is 1. The number of ether oxygens (including phenoxy) is 3. The summed E-state index contributed by atoms with van der Waals surface area (Å²) in [6.45, 7) is 9.02. The zero-order valence-corrected chi connectivity index (χ0v) is 21.4. The van der Waals surface area contributed by atoms with Crippen molar-refractivity contribution in [2.24, 2.45) is 0 Å². The van der Waals surface area contributed by atoms with Crippen LogP contribution in [0.5, 0.6) is 11.5 Å². The van der Waals surface area contributed by atoms with E-state index in [0.717, 1.165) is 11.1 Å². The zero-order valence-electron chi connectivity index (χ0n) is 20.6. The number of rotatable bonds is 9. The van der Waals surface area contributed by atoms with Crippen LogP contribution in [0.3, 0.4) is 0 Å². The number of halogens is 1. The highest BCUT2D eigenvalue weighted by Crippen LogP contribution is 2.41. The van der Waals surface area contributed by atoms with Crippen molar-refractivity contribution in [2.75, 3.05) is 26.9 Å². The van der Waals surface area contributed by atoms with Crippen molar-refractivity contribution in [2.45, 2.75) is 46.3 Å². The van der Waals surface area contributed by atoms with Gasteiger partial charge >= 0.3 is 0 Å². The van der Waals surface area contributed by atoms with Crippen molar-refractivity contribution in [1.29, 1.82) is 0 Å². The molecule has 1 unspecified atom stereocenters. The quantitative estimate of drug-likeness (QED) is 0.360. The molecule has 0 bridgehead atoms. The van der Waals surface area contributed by atoms with E-state index in [2.05, 4.69) is 0 Å². The Morgan fingerprint density at radius 1 is 1.14 bits per heavy atom. The molecule has 2 heterocycles. The van der Waals surface area contributed by atoms with Crippen LogP contribution in [-0.2, 0) is 4.74 Å². The molecule has 8 heteroatoms. The summed E-state index contributed by atoms with van der Waals surface area (Å²) < 4.78 is 22.9. The number of fused-ring (bicyclic) bond motifs is 2. The summed E-state index contributed by atoms with van der Waals surface area (Å²) in [5, 5.41) is 0.816. The minimum absolute atomic E-state index is 0.0619. The van der Waals surface area contributed by atoms with Gasteiger partial charge in [-0.05, 0) is 69.5 Å². The molecule has 2 aromatic carbocycles. The number of hydrogen-bond donors (Lipinski definition) is 0. The fourth-order valence-corrected chi connectivity index (χ4v) is 4.56. The van der Waals surface area contributed by atoms with Crippen LogP contribution in [0.4, 0.5) is 0 Å². The Bertz CT molecular complexity index is 1320. The summed E-state index contributed by atoms with van der Waals surface area (Å²) in [5.41, 5.74) is 1.88. The molecule has 0 radical (unpaired) electrons. The molecule has 1 aromatic heterocycles. The molecule has 186 valence electrons. The summed E-state index contributed by atoms with van der Waals surface area (Å²) in [7, 11) is 1.56. The fraction of sp³-hybridized carbons (Fsp3) is 0.407. The van der Waals surface area contributed by atoms with Crippen molar-refractivity contribution >= 4 is 28.5 Å². The van der Waals surface area contributed by atoms with Gasteiger partial charge in [-0.2, -0.15) is 0 Å². The molecule has 0 saturated carbocycles. The van der Waals surface area contributed by atoms with Crippen molar-refractivity contribution in [3.05, 3.63) is 68.0 Å². The SMILES string of the molecule is CCOc1ccc(C2c3c(oc4cc(C)c(Cl)cc4c3=O)C(=O)N2CCCOC(C)C)cc1OC. The molecule has 7 nitrogen and oxygen atoms in total. The van der Waals surface area contributed by atoms with E-state index in [1.54, 1.807) is 36.3 Å². The monoisotopic (exact) mass is 499 g/mol. The smallest absolute Gasteiger partial charge is 0.290 e. The highest BCUT2D eigenvalue weighted by atomic mass is 35.5. The minimum atomic E-state index is -0.637. The molecule has 35 heavy (non-hydrogen) atoms. The molecular formula is C27H30ClNO6. The Morgan fingerprint density at radius 3 is 2.60 bits per heavy atom. The van der Waals surface area contributed by atoms with Crippen LogP contribution in [0, 0.1) is 6.92 Å². The first kappa shape index (κ1) is 25.1. The molecular weight excluding hydrogens is 470 g/mol. The van der Waals surface area contributed by atoms with Gasteiger partial charge in [-0.1, -0.05) is 17.7 Å². The number of nitrogens with zero attached hydrogens (tertiary/aromatic N) is 1. The largest absolute Gasteiger partial charge is 0.493 e. The Kier molecular flexibility index (Phi) is 7.38. The van der Waals surface area contributed by atoms with Crippen LogP contribution >= 0.6 is 11.6 Å². The van der Waals surface area contributed by atoms with Gasteiger partial charge in [0.1, 0.15) is 5.58 Å². The van der Waals surface area contributed by atoms with Crippen LogP contribution < -0.4 is 14.9 Å². The van der Waals surface area contributed by atoms with Gasteiger partial charge in [0.2, 0.25) is 5.76 Å². The van der Waals surface area contributed by atoms with Crippen LogP contribution in [0.25, 0.3) is 11.0 Å². The molecule has 1 atom stereocenters. The second-order valence-electron chi connectivity index (χ2n) is 8.79. The molecule has 3 aromatic rings. The highest BCUT2D eigenvalue weighted by Gasteiger charge is 2.42. The Hall–Kier alpha value is -3.03. The van der Waals surface area contributed by atoms with Gasteiger partial charge in [0.25, 0.3) is 5.91 Å². The predicted molar refractivity (Wildman–Crippen MR) is 135 cm³/mol. The summed E-state index contributed by atoms with van der Waals surface area (Å²) >= 11 is 6.32. The third kappa shape index (κ3) is 4.75. The second kappa shape index (κ2) is 10.3. The molecule has 1 amide bonds. The summed E-state index contributed by atoms with van der Waals surface area (Å²) in [6, 6.07) is 8.12. The normalized spacial score (nSPS) is 15.2. The first-order chi connectivity index (χ1) is 16.8. The van der Waals surface area contributed by atoms with Gasteiger partial charge in [-0.3, -0.25) is 9.59 Å². The van der Waals surface area contributed by atoms with Gasteiger partial charge in [0.15, 0.2) is 16.9 Å². The van der Waals surface area contributed by atoms with Crippen molar-refractivity contribution < 1.29 is 23.4 Å². The van der Waals surface area contributed by atoms with E-state index in [0.29, 0.717) is 59.2 Å². The average molecular weight is 500 g/mol. The van der Waals surface area contributed by atoms with Gasteiger partial charge in [0, 0.05) is 18.2 Å². The average Bonchev–Trinajstić information content (AvgIpc) is 3.10. The third-order valence-corrected chi connectivity index (χ3v) is 6.45. The van der Waals surface area contributed by atoms with E-state index in [9.17, 15) is 9.59 Å². The first-order valence-electron chi connectivity index (χ1n) is 11.8. The van der Waals surface area contributed by atoms with Crippen LogP contribution in [0.2, 0.25) is 5.02 Å². The van der Waals surface area contributed by atoms with Crippen LogP contribution in [-0.4, -0.2) is 43.8 Å². The number of benzene rings is 2. The third-order valence-electron chi connectivity index (χ3n) is 6.04. The van der Waals surface area contributed by atoms with Crippen LogP contribution in [0.1, 0.15) is 60.5 Å². The zero-order chi connectivity index (χ0) is 25.3. The van der Waals surface area contributed by atoms with Gasteiger partial charge in [0.05, 0.1) is 36.8 Å². The van der Waals surface area contributed by atoms with E-state index in [-0.39, 0.29) is 23.2 Å². The lowest BCUT2D eigenvalue weighted by atomic mass is 9.97. The predicted octanol–water partition coefficient (Wildman–Crippen LogP) is 5.52. The van der Waals surface area contributed by atoms with Gasteiger partial charge in [-0.15, -0.1) is 0 Å². The fourth-order valence-electron chi connectivity index (χ4n) is 4.40. The maximum atomic E-state index is 13.7. The standard InChI is InChI=1S/C27H30ClNO6/c1-6-33-20-9-8-17(13-22(20)32-5)24-23-25(30)18-14-19(28)16(4)12-21(18)35-26(23)27(31)29(24)10-7-11-34-15(2)3/h8-9,12-15,24H,6-7,10-11H2,1-5H3. The Balaban J connectivity index is 1.86. The van der Waals surface area contributed by atoms with E-state index in [4.69, 9.17) is 30.2 Å². The Morgan fingerprint density at radius 2 is 1.91 bits per heavy atom. The van der Waals surface area contributed by atoms with E-state index < -0.39 is 6.04 Å². The topological polar surface area (TPSA) is 78.2 Å². The van der Waals surface area contributed by atoms with E-state index >= 15 is 0 Å². The number of amides is 1. The van der Waals surface area contributed by atoms with Crippen molar-refractivity contribution in [3.8, 4) is 11.5 Å². The molecule has 1 aliphatic heterocycles. The molecule has 4 rings (SSSR count). The first-order valence-corrected chi connectivity index (χ1v) is 12.1. The number of carbonyl (C=O) groups excluding carboxylic acids is 1. The van der Waals surface area contributed by atoms with Gasteiger partial charge < -0.3 is 23.5 Å². The molecule has 0 fully saturated rings. The summed E-state index contributed by atoms with van der Waals surface area (Å²) in [6.07, 6.45) is 0.704. The van der Waals surface area contributed by atoms with E-state index in [1.807, 2.05) is 33.8 Å². The molecule has 0 spiro atoms. The van der Waals surface area contributed by atoms with Gasteiger partial charge in [-0.25, -0.2) is 0 Å². The molecule has 0 saturated heterocycles. The number of aryl methyl sites for hydroxylation is 1. The lowest BCUT2D eigenvalue weighted by molar-refractivity contribution is 0.0593. The molecule has 1 aliphatic rings. The number of carbonyl (C=O) groups is 1. The van der Waals surface area contributed by atoms with Crippen molar-refractivity contribution in [3.63, 3.8) is 0 Å². The lowest BCUT2D eigenvalue weighted by Gasteiger charge is -2.26. The molecule has 0 N–H and O–H groups in total. The number of hydrogen-bond acceptors (Lipinski definition) is 6. The minimum Gasteiger partial charge on any atom is -0.493 e. The van der Waals surface area contributed by atoms with Crippen LogP contribution in [0.15, 0.2) is 39.5 Å². The second-order valence-corrected chi connectivity index (χ2v) is 9.20.